The lowest BCUT2D eigenvalue weighted by molar-refractivity contribution is -0.118. The van der Waals surface area contributed by atoms with Crippen LogP contribution in [0.25, 0.3) is 11.0 Å². The van der Waals surface area contributed by atoms with E-state index in [2.05, 4.69) is 10.3 Å². The van der Waals surface area contributed by atoms with Crippen molar-refractivity contribution in [1.29, 1.82) is 0 Å². The lowest BCUT2D eigenvalue weighted by Gasteiger charge is -2.12. The zero-order chi connectivity index (χ0) is 24.1. The molecule has 1 N–H and O–H groups in total. The van der Waals surface area contributed by atoms with Gasteiger partial charge in [0.2, 0.25) is 5.91 Å². The second-order valence-electron chi connectivity index (χ2n) is 7.91. The van der Waals surface area contributed by atoms with Crippen LogP contribution < -0.4 is 5.32 Å². The number of carbonyl (C=O) groups is 3. The van der Waals surface area contributed by atoms with Crippen molar-refractivity contribution in [2.24, 2.45) is 5.92 Å². The van der Waals surface area contributed by atoms with Crippen molar-refractivity contribution in [3.05, 3.63) is 53.6 Å². The van der Waals surface area contributed by atoms with Crippen LogP contribution >= 0.6 is 11.8 Å². The molecule has 0 saturated carbocycles. The number of rotatable bonds is 9. The Morgan fingerprint density at radius 3 is 2.30 bits per heavy atom. The van der Waals surface area contributed by atoms with Crippen LogP contribution in [0.15, 0.2) is 47.6 Å². The molecule has 1 aromatic heterocycles. The first-order valence-electron chi connectivity index (χ1n) is 11.0. The highest BCUT2D eigenvalue weighted by Crippen LogP contribution is 2.29. The molecule has 0 radical (unpaired) electrons. The summed E-state index contributed by atoms with van der Waals surface area (Å²) in [5.74, 6) is -0.587. The molecule has 1 amide bonds. The molecule has 174 valence electrons. The number of hydrogen-bond acceptors (Lipinski definition) is 6. The van der Waals surface area contributed by atoms with E-state index in [-0.39, 0.29) is 28.8 Å². The fourth-order valence-corrected chi connectivity index (χ4v) is 4.36. The minimum absolute atomic E-state index is 0.0244. The number of ether oxygens (including phenoxy) is 1. The van der Waals surface area contributed by atoms with Crippen LogP contribution in [0, 0.1) is 5.92 Å². The molecule has 2 aromatic carbocycles. The number of Topliss-reactive ketones (excluding diaryl/α,β-unsaturated/α-hetero) is 1. The first-order valence-corrected chi connectivity index (χ1v) is 11.9. The number of nitrogens with zero attached hydrogens (tertiary/aromatic N) is 2. The molecule has 3 rings (SSSR count). The molecular formula is C25H29N3O4S. The average Bonchev–Trinajstić information content (AvgIpc) is 3.15. The van der Waals surface area contributed by atoms with Gasteiger partial charge in [-0.2, -0.15) is 0 Å². The van der Waals surface area contributed by atoms with Crippen LogP contribution in [-0.2, 0) is 16.1 Å². The molecule has 8 heteroatoms. The van der Waals surface area contributed by atoms with Gasteiger partial charge in [0.15, 0.2) is 10.9 Å². The minimum atomic E-state index is -0.378. The standard InChI is InChI=1S/C25H29N3O4S/c1-6-28-21-13-10-18(24(31)32-7-2)14-20(21)27-25(28)33-16(5)22(29)17-8-11-19(12-9-17)26-23(30)15(3)4/h8-16H,6-7H2,1-5H3,(H,26,30)/t16-/m0/s1. The lowest BCUT2D eigenvalue weighted by Crippen LogP contribution is -2.18. The van der Waals surface area contributed by atoms with Crippen molar-refractivity contribution in [3.8, 4) is 0 Å². The summed E-state index contributed by atoms with van der Waals surface area (Å²) >= 11 is 1.38. The number of carbonyl (C=O) groups excluding carboxylic acids is 3. The number of imidazole rings is 1. The molecule has 7 nitrogen and oxygen atoms in total. The number of aryl methyl sites for hydroxylation is 1. The topological polar surface area (TPSA) is 90.3 Å². The van der Waals surface area contributed by atoms with Crippen LogP contribution in [-0.4, -0.2) is 39.1 Å². The van der Waals surface area contributed by atoms with Crippen LogP contribution in [0.1, 0.15) is 55.3 Å². The quantitative estimate of drug-likeness (QED) is 0.265. The van der Waals surface area contributed by atoms with Gasteiger partial charge in [0.1, 0.15) is 0 Å². The van der Waals surface area contributed by atoms with Gasteiger partial charge in [-0.1, -0.05) is 25.6 Å². The Morgan fingerprint density at radius 1 is 1.03 bits per heavy atom. The Hall–Kier alpha value is -3.13. The van der Waals surface area contributed by atoms with Gasteiger partial charge >= 0.3 is 5.97 Å². The number of aromatic nitrogens is 2. The number of amides is 1. The number of fused-ring (bicyclic) bond motifs is 1. The van der Waals surface area contributed by atoms with E-state index in [0.717, 1.165) is 10.7 Å². The highest BCUT2D eigenvalue weighted by Gasteiger charge is 2.21. The van der Waals surface area contributed by atoms with E-state index in [9.17, 15) is 14.4 Å². The summed E-state index contributed by atoms with van der Waals surface area (Å²) in [5, 5.41) is 3.18. The first kappa shape index (κ1) is 24.5. The van der Waals surface area contributed by atoms with Gasteiger partial charge < -0.3 is 14.6 Å². The van der Waals surface area contributed by atoms with Crippen LogP contribution in [0.3, 0.4) is 0 Å². The number of anilines is 1. The van der Waals surface area contributed by atoms with Crippen molar-refractivity contribution >= 4 is 46.1 Å². The second kappa shape index (κ2) is 10.7. The maximum absolute atomic E-state index is 13.0. The fourth-order valence-electron chi connectivity index (χ4n) is 3.30. The zero-order valence-electron chi connectivity index (χ0n) is 19.5. The van der Waals surface area contributed by atoms with Crippen LogP contribution in [0.4, 0.5) is 5.69 Å². The molecule has 1 atom stereocenters. The molecule has 0 unspecified atom stereocenters. The monoisotopic (exact) mass is 467 g/mol. The van der Waals surface area contributed by atoms with E-state index in [0.29, 0.717) is 35.5 Å². The third kappa shape index (κ3) is 5.63. The van der Waals surface area contributed by atoms with E-state index >= 15 is 0 Å². The van der Waals surface area contributed by atoms with Gasteiger partial charge in [-0.3, -0.25) is 9.59 Å². The molecule has 33 heavy (non-hydrogen) atoms. The van der Waals surface area contributed by atoms with Gasteiger partial charge in [0.25, 0.3) is 0 Å². The smallest absolute Gasteiger partial charge is 0.338 e. The van der Waals surface area contributed by atoms with Gasteiger partial charge in [-0.25, -0.2) is 9.78 Å². The highest BCUT2D eigenvalue weighted by molar-refractivity contribution is 8.00. The number of hydrogen-bond donors (Lipinski definition) is 1. The number of nitrogens with one attached hydrogen (secondary N) is 1. The number of ketones is 1. The van der Waals surface area contributed by atoms with Gasteiger partial charge in [0.05, 0.1) is 28.5 Å². The Kier molecular flexibility index (Phi) is 7.92. The maximum Gasteiger partial charge on any atom is 0.338 e. The Bertz CT molecular complexity index is 1170. The summed E-state index contributed by atoms with van der Waals surface area (Å²) in [6.07, 6.45) is 0. The van der Waals surface area contributed by atoms with Crippen molar-refractivity contribution in [2.45, 2.75) is 51.6 Å². The molecular weight excluding hydrogens is 438 g/mol. The second-order valence-corrected chi connectivity index (χ2v) is 9.22. The Balaban J connectivity index is 1.77. The summed E-state index contributed by atoms with van der Waals surface area (Å²) in [7, 11) is 0. The summed E-state index contributed by atoms with van der Waals surface area (Å²) in [4.78, 5) is 41.6. The average molecular weight is 468 g/mol. The van der Waals surface area contributed by atoms with Crippen LogP contribution in [0.5, 0.6) is 0 Å². The lowest BCUT2D eigenvalue weighted by atomic mass is 10.1. The Morgan fingerprint density at radius 2 is 1.70 bits per heavy atom. The molecule has 0 spiro atoms. The zero-order valence-corrected chi connectivity index (χ0v) is 20.4. The predicted octanol–water partition coefficient (Wildman–Crippen LogP) is 5.19. The molecule has 0 bridgehead atoms. The fraction of sp³-hybridized carbons (Fsp3) is 0.360. The molecule has 0 aliphatic heterocycles. The van der Waals surface area contributed by atoms with E-state index in [1.54, 1.807) is 43.3 Å². The van der Waals surface area contributed by atoms with Crippen molar-refractivity contribution in [1.82, 2.24) is 9.55 Å². The maximum atomic E-state index is 13.0. The molecule has 0 fully saturated rings. The molecule has 0 saturated heterocycles. The summed E-state index contributed by atoms with van der Waals surface area (Å²) in [5.41, 5.74) is 3.28. The molecule has 3 aromatic rings. The summed E-state index contributed by atoms with van der Waals surface area (Å²) in [6.45, 7) is 10.3. The van der Waals surface area contributed by atoms with E-state index in [1.165, 1.54) is 11.8 Å². The highest BCUT2D eigenvalue weighted by atomic mass is 32.2. The number of thioether (sulfide) groups is 1. The predicted molar refractivity (Wildman–Crippen MR) is 131 cm³/mol. The Labute approximate surface area is 197 Å². The number of esters is 1. The minimum Gasteiger partial charge on any atom is -0.462 e. The molecule has 0 aliphatic carbocycles. The van der Waals surface area contributed by atoms with Crippen molar-refractivity contribution < 1.29 is 19.1 Å². The molecule has 0 aliphatic rings. The number of benzene rings is 2. The largest absolute Gasteiger partial charge is 0.462 e. The molecule has 1 heterocycles. The van der Waals surface area contributed by atoms with Crippen molar-refractivity contribution in [3.63, 3.8) is 0 Å². The first-order chi connectivity index (χ1) is 15.7. The summed E-state index contributed by atoms with van der Waals surface area (Å²) < 4.78 is 7.11. The SMILES string of the molecule is CCOC(=O)c1ccc2c(c1)nc(S[C@@H](C)C(=O)c1ccc(NC(=O)C(C)C)cc1)n2CC. The van der Waals surface area contributed by atoms with E-state index in [4.69, 9.17) is 4.74 Å². The normalized spacial score (nSPS) is 12.1. The van der Waals surface area contributed by atoms with Crippen LogP contribution in [0.2, 0.25) is 0 Å². The van der Waals surface area contributed by atoms with Gasteiger partial charge in [0, 0.05) is 23.7 Å². The van der Waals surface area contributed by atoms with Gasteiger partial charge in [-0.15, -0.1) is 0 Å². The third-order valence-corrected chi connectivity index (χ3v) is 6.24. The third-order valence-electron chi connectivity index (χ3n) is 5.15. The van der Waals surface area contributed by atoms with Crippen molar-refractivity contribution in [2.75, 3.05) is 11.9 Å². The van der Waals surface area contributed by atoms with E-state index < -0.39 is 0 Å². The van der Waals surface area contributed by atoms with Gasteiger partial charge in [-0.05, 0) is 63.2 Å². The summed E-state index contributed by atoms with van der Waals surface area (Å²) in [6, 6.07) is 12.2. The van der Waals surface area contributed by atoms with E-state index in [1.807, 2.05) is 38.3 Å².